The van der Waals surface area contributed by atoms with Gasteiger partial charge in [0.15, 0.2) is 0 Å². The minimum absolute atomic E-state index is 0.213. The predicted octanol–water partition coefficient (Wildman–Crippen LogP) is 3.50. The lowest BCUT2D eigenvalue weighted by molar-refractivity contribution is -0.136. The lowest BCUT2D eigenvalue weighted by Gasteiger charge is -1.99. The van der Waals surface area contributed by atoms with E-state index in [9.17, 15) is 9.90 Å². The first kappa shape index (κ1) is 13.4. The number of aliphatic hydroxyl groups is 1. The summed E-state index contributed by atoms with van der Waals surface area (Å²) >= 11 is 3.29. The van der Waals surface area contributed by atoms with Crippen LogP contribution < -0.4 is 0 Å². The molecule has 6 heteroatoms. The summed E-state index contributed by atoms with van der Waals surface area (Å²) in [6.07, 6.45) is 0. The minimum atomic E-state index is -0.731. The van der Waals surface area contributed by atoms with Gasteiger partial charge >= 0.3 is 5.97 Å². The molecule has 1 N–H and O–H groups in total. The smallest absolute Gasteiger partial charge is 0.362 e. The van der Waals surface area contributed by atoms with Crippen LogP contribution in [0.3, 0.4) is 0 Å². The molecule has 0 radical (unpaired) electrons. The van der Waals surface area contributed by atoms with Crippen LogP contribution in [0.4, 0.5) is 5.69 Å². The molecule has 1 rings (SSSR count). The van der Waals surface area contributed by atoms with Gasteiger partial charge in [0.1, 0.15) is 5.76 Å². The lowest BCUT2D eigenvalue weighted by atomic mass is 10.3. The van der Waals surface area contributed by atoms with Gasteiger partial charge in [0.05, 0.1) is 12.8 Å². The number of halogens is 1. The molecule has 1 aromatic rings. The van der Waals surface area contributed by atoms with Crippen LogP contribution in [0.15, 0.2) is 50.4 Å². The van der Waals surface area contributed by atoms with Gasteiger partial charge < -0.3 is 9.84 Å². The second-order valence-corrected chi connectivity index (χ2v) is 4.02. The fourth-order valence-electron chi connectivity index (χ4n) is 0.973. The van der Waals surface area contributed by atoms with Crippen LogP contribution in [-0.4, -0.2) is 18.2 Å². The Morgan fingerprint density at radius 2 is 1.94 bits per heavy atom. The first-order valence-corrected chi connectivity index (χ1v) is 5.49. The maximum absolute atomic E-state index is 11.2. The third-order valence-corrected chi connectivity index (χ3v) is 2.34. The highest BCUT2D eigenvalue weighted by atomic mass is 79.9. The first-order valence-electron chi connectivity index (χ1n) is 4.70. The van der Waals surface area contributed by atoms with Crippen LogP contribution in [0, 0.1) is 0 Å². The zero-order valence-corrected chi connectivity index (χ0v) is 10.9. The van der Waals surface area contributed by atoms with E-state index in [1.165, 1.54) is 14.0 Å². The number of ether oxygens (including phenoxy) is 1. The molecule has 0 fully saturated rings. The van der Waals surface area contributed by atoms with Crippen LogP contribution in [0.25, 0.3) is 0 Å². The van der Waals surface area contributed by atoms with Crippen molar-refractivity contribution in [2.75, 3.05) is 7.11 Å². The van der Waals surface area contributed by atoms with Gasteiger partial charge in [-0.2, -0.15) is 5.11 Å². The van der Waals surface area contributed by atoms with E-state index in [1.54, 1.807) is 24.3 Å². The zero-order chi connectivity index (χ0) is 12.8. The molecule has 0 bridgehead atoms. The number of carbonyl (C=O) groups is 1. The predicted molar refractivity (Wildman–Crippen MR) is 66.0 cm³/mol. The highest BCUT2D eigenvalue weighted by molar-refractivity contribution is 9.10. The summed E-state index contributed by atoms with van der Waals surface area (Å²) in [4.78, 5) is 11.2. The number of benzene rings is 1. The molecule has 0 aliphatic rings. The molecular formula is C11H11BrN2O3. The summed E-state index contributed by atoms with van der Waals surface area (Å²) in [5, 5.41) is 16.7. The Bertz CT molecular complexity index is 462. The van der Waals surface area contributed by atoms with Crippen LogP contribution in [-0.2, 0) is 9.53 Å². The van der Waals surface area contributed by atoms with Crippen molar-refractivity contribution in [3.05, 3.63) is 40.2 Å². The molecule has 0 saturated carbocycles. The molecule has 0 aliphatic heterocycles. The number of esters is 1. The molecular weight excluding hydrogens is 288 g/mol. The molecule has 0 amide bonds. The first-order chi connectivity index (χ1) is 8.04. The quantitative estimate of drug-likeness (QED) is 0.402. The summed E-state index contributed by atoms with van der Waals surface area (Å²) < 4.78 is 5.38. The van der Waals surface area contributed by atoms with Gasteiger partial charge in [-0.3, -0.25) is 0 Å². The van der Waals surface area contributed by atoms with E-state index in [4.69, 9.17) is 0 Å². The molecule has 0 heterocycles. The Hall–Kier alpha value is -1.69. The molecule has 1 aromatic carbocycles. The SMILES string of the molecule is COC(=O)C(N=Nc1ccc(Br)cc1)=C(C)O. The number of allylic oxidation sites excluding steroid dienone is 1. The number of carbonyl (C=O) groups excluding carboxylic acids is 1. The molecule has 0 unspecified atom stereocenters. The summed E-state index contributed by atoms with van der Waals surface area (Å²) in [5.41, 5.74) is 0.353. The van der Waals surface area contributed by atoms with E-state index in [2.05, 4.69) is 30.9 Å². The largest absolute Gasteiger partial charge is 0.510 e. The van der Waals surface area contributed by atoms with Crippen molar-refractivity contribution < 1.29 is 14.6 Å². The summed E-state index contributed by atoms with van der Waals surface area (Å²) in [7, 11) is 1.21. The van der Waals surface area contributed by atoms with Gasteiger partial charge in [0.25, 0.3) is 0 Å². The van der Waals surface area contributed by atoms with E-state index < -0.39 is 5.97 Å². The molecule has 0 atom stereocenters. The Morgan fingerprint density at radius 3 is 2.41 bits per heavy atom. The Labute approximate surface area is 107 Å². The summed E-state index contributed by atoms with van der Waals surface area (Å²) in [5.74, 6) is -0.969. The minimum Gasteiger partial charge on any atom is -0.510 e. The lowest BCUT2D eigenvalue weighted by Crippen LogP contribution is -2.04. The van der Waals surface area contributed by atoms with Crippen molar-refractivity contribution in [1.29, 1.82) is 0 Å². The van der Waals surface area contributed by atoms with Crippen LogP contribution >= 0.6 is 15.9 Å². The molecule has 17 heavy (non-hydrogen) atoms. The average molecular weight is 299 g/mol. The highest BCUT2D eigenvalue weighted by Gasteiger charge is 2.12. The topological polar surface area (TPSA) is 71.2 Å². The van der Waals surface area contributed by atoms with E-state index in [-0.39, 0.29) is 11.5 Å². The number of aliphatic hydroxyl groups excluding tert-OH is 1. The maximum atomic E-state index is 11.2. The standard InChI is InChI=1S/C11H11BrN2O3/c1-7(15)10(11(16)17-2)14-13-9-5-3-8(12)4-6-9/h3-6,15H,1-2H3. The summed E-state index contributed by atoms with van der Waals surface area (Å²) in [6.45, 7) is 1.34. The molecule has 0 aromatic heterocycles. The normalized spacial score (nSPS) is 12.4. The molecule has 0 aliphatic carbocycles. The van der Waals surface area contributed by atoms with Gasteiger partial charge in [0, 0.05) is 4.47 Å². The van der Waals surface area contributed by atoms with E-state index in [0.29, 0.717) is 5.69 Å². The zero-order valence-electron chi connectivity index (χ0n) is 9.35. The van der Waals surface area contributed by atoms with Gasteiger partial charge in [-0.15, -0.1) is 5.11 Å². The van der Waals surface area contributed by atoms with E-state index in [0.717, 1.165) is 4.47 Å². The number of rotatable bonds is 3. The van der Waals surface area contributed by atoms with Gasteiger partial charge in [0.2, 0.25) is 5.70 Å². The van der Waals surface area contributed by atoms with Crippen molar-refractivity contribution in [1.82, 2.24) is 0 Å². The monoisotopic (exact) mass is 298 g/mol. The van der Waals surface area contributed by atoms with Gasteiger partial charge in [-0.05, 0) is 31.2 Å². The fourth-order valence-corrected chi connectivity index (χ4v) is 1.24. The molecule has 0 saturated heterocycles. The van der Waals surface area contributed by atoms with Crippen molar-refractivity contribution in [3.8, 4) is 0 Å². The fraction of sp³-hybridized carbons (Fsp3) is 0.182. The summed E-state index contributed by atoms with van der Waals surface area (Å²) in [6, 6.07) is 7.02. The third-order valence-electron chi connectivity index (χ3n) is 1.81. The number of nitrogens with zero attached hydrogens (tertiary/aromatic N) is 2. The second-order valence-electron chi connectivity index (χ2n) is 3.10. The maximum Gasteiger partial charge on any atom is 0.362 e. The number of azo groups is 1. The van der Waals surface area contributed by atoms with Crippen LogP contribution in [0.1, 0.15) is 6.92 Å². The highest BCUT2D eigenvalue weighted by Crippen LogP contribution is 2.18. The van der Waals surface area contributed by atoms with E-state index >= 15 is 0 Å². The van der Waals surface area contributed by atoms with Crippen molar-refractivity contribution in [2.45, 2.75) is 6.92 Å². The van der Waals surface area contributed by atoms with Crippen LogP contribution in [0.5, 0.6) is 0 Å². The third kappa shape index (κ3) is 3.99. The Balaban J connectivity index is 2.92. The van der Waals surface area contributed by atoms with Gasteiger partial charge in [-0.25, -0.2) is 4.79 Å². The Morgan fingerprint density at radius 1 is 1.35 bits per heavy atom. The van der Waals surface area contributed by atoms with Crippen LogP contribution in [0.2, 0.25) is 0 Å². The molecule has 90 valence electrons. The van der Waals surface area contributed by atoms with Gasteiger partial charge in [-0.1, -0.05) is 15.9 Å². The van der Waals surface area contributed by atoms with E-state index in [1.807, 2.05) is 0 Å². The Kier molecular flexibility index (Phi) is 4.84. The number of hydrogen-bond acceptors (Lipinski definition) is 5. The number of methoxy groups -OCH3 is 1. The number of hydrogen-bond donors (Lipinski definition) is 1. The molecule has 5 nitrogen and oxygen atoms in total. The second kappa shape index (κ2) is 6.15. The van der Waals surface area contributed by atoms with Crippen molar-refractivity contribution >= 4 is 27.6 Å². The average Bonchev–Trinajstić information content (AvgIpc) is 2.31. The van der Waals surface area contributed by atoms with Crippen molar-refractivity contribution in [2.24, 2.45) is 10.2 Å². The van der Waals surface area contributed by atoms with Crippen molar-refractivity contribution in [3.63, 3.8) is 0 Å². The molecule has 0 spiro atoms.